The van der Waals surface area contributed by atoms with Crippen LogP contribution >= 0.6 is 0 Å². The highest BCUT2D eigenvalue weighted by Crippen LogP contribution is 2.39. The molecule has 4 heterocycles. The smallest absolute Gasteiger partial charge is 0.335 e. The Labute approximate surface area is 678 Å². The van der Waals surface area contributed by atoms with E-state index in [9.17, 15) is 24.0 Å². The first kappa shape index (κ1) is 81.8. The average Bonchev–Trinajstić information content (AvgIpc) is 0.755. The van der Waals surface area contributed by atoms with Crippen LogP contribution in [-0.4, -0.2) is 51.4 Å². The van der Waals surface area contributed by atoms with Crippen molar-refractivity contribution in [2.75, 3.05) is 27.2 Å². The standard InChI is InChI=1S/C25H27NO4.3C25H21NO3/c1-14(2)25(28)30-13-29-23-17(5)15(3)22(16(4)18(23)6)20-12-19-10-8-9-11-21(19)26(7)24(20)27;3*1-3-18-8-12-21(13-9-18)28-17-29-22-14-10-19(11-15-22)23-16-20-6-4-5-7-24(20)26(2)25(23)27/h8-12H,1,13H2,2-7H3;3*3-16H,1,17H2,2H3. The number of hydrogen-bond donors (Lipinski definition) is 0. The zero-order valence-electron chi connectivity index (χ0n) is 66.9. The van der Waals surface area contributed by atoms with Crippen molar-refractivity contribution in [3.8, 4) is 84.8 Å². The van der Waals surface area contributed by atoms with E-state index in [0.29, 0.717) is 50.8 Å². The van der Waals surface area contributed by atoms with E-state index >= 15 is 0 Å². The number of pyridine rings is 4. The largest absolute Gasteiger partial charge is 0.458 e. The topological polar surface area (TPSA) is 179 Å². The van der Waals surface area contributed by atoms with Crippen molar-refractivity contribution in [3.63, 3.8) is 0 Å². The van der Waals surface area contributed by atoms with Crippen molar-refractivity contribution in [1.29, 1.82) is 0 Å². The highest BCUT2D eigenvalue weighted by molar-refractivity contribution is 5.89. The van der Waals surface area contributed by atoms with E-state index in [1.807, 2.05) is 295 Å². The van der Waals surface area contributed by atoms with Gasteiger partial charge in [-0.15, -0.1) is 0 Å². The first-order valence-corrected chi connectivity index (χ1v) is 37.8. The molecule has 15 aromatic rings. The predicted molar refractivity (Wildman–Crippen MR) is 472 cm³/mol. The van der Waals surface area contributed by atoms with Crippen LogP contribution in [-0.2, 0) is 37.7 Å². The molecule has 0 unspecified atom stereocenters. The third-order valence-electron chi connectivity index (χ3n) is 20.3. The Bertz CT molecular complexity index is 5920. The van der Waals surface area contributed by atoms with Crippen LogP contribution in [0.1, 0.15) is 45.9 Å². The van der Waals surface area contributed by atoms with Gasteiger partial charge in [0.1, 0.15) is 40.2 Å². The summed E-state index contributed by atoms with van der Waals surface area (Å²) in [6.07, 6.45) is 5.35. The fourth-order valence-electron chi connectivity index (χ4n) is 13.4. The van der Waals surface area contributed by atoms with E-state index in [1.54, 1.807) is 71.6 Å². The lowest BCUT2D eigenvalue weighted by atomic mass is 9.88. The van der Waals surface area contributed by atoms with Gasteiger partial charge in [0.2, 0.25) is 27.2 Å². The van der Waals surface area contributed by atoms with Crippen LogP contribution in [0.2, 0.25) is 0 Å². The number of rotatable bonds is 23. The van der Waals surface area contributed by atoms with Gasteiger partial charge < -0.3 is 56.2 Å². The van der Waals surface area contributed by atoms with Gasteiger partial charge in [-0.25, -0.2) is 4.79 Å². The minimum atomic E-state index is -0.491. The maximum absolute atomic E-state index is 13.2. The zero-order chi connectivity index (χ0) is 82.8. The Balaban J connectivity index is 0.000000144. The normalized spacial score (nSPS) is 10.7. The van der Waals surface area contributed by atoms with Gasteiger partial charge >= 0.3 is 5.97 Å². The number of aryl methyl sites for hydroxylation is 4. The second kappa shape index (κ2) is 37.7. The summed E-state index contributed by atoms with van der Waals surface area (Å²) < 4.78 is 51.4. The van der Waals surface area contributed by atoms with Crippen molar-refractivity contribution in [2.45, 2.75) is 34.6 Å². The maximum atomic E-state index is 13.2. The second-order valence-electron chi connectivity index (χ2n) is 27.7. The molecule has 4 aromatic heterocycles. The molecule has 11 aromatic carbocycles. The Morgan fingerprint density at radius 1 is 0.316 bits per heavy atom. The van der Waals surface area contributed by atoms with E-state index in [1.165, 1.54) is 0 Å². The lowest BCUT2D eigenvalue weighted by molar-refractivity contribution is -0.145. The van der Waals surface area contributed by atoms with Crippen LogP contribution < -0.4 is 55.4 Å². The molecule has 0 aliphatic carbocycles. The summed E-state index contributed by atoms with van der Waals surface area (Å²) >= 11 is 0. The van der Waals surface area contributed by atoms with E-state index in [0.717, 1.165) is 122 Å². The summed E-state index contributed by atoms with van der Waals surface area (Å²) in [6.45, 7) is 24.3. The van der Waals surface area contributed by atoms with Gasteiger partial charge in [0, 0.05) is 56.0 Å². The number of benzene rings is 11. The summed E-state index contributed by atoms with van der Waals surface area (Å²) in [5, 5.41) is 4.10. The first-order valence-electron chi connectivity index (χ1n) is 37.8. The van der Waals surface area contributed by atoms with Gasteiger partial charge in [-0.3, -0.25) is 19.2 Å². The van der Waals surface area contributed by atoms with Crippen molar-refractivity contribution in [1.82, 2.24) is 18.3 Å². The molecule has 0 saturated carbocycles. The Kier molecular flexibility index (Phi) is 26.4. The quantitative estimate of drug-likeness (QED) is 0.0336. The molecule has 0 N–H and O–H groups in total. The average molecular weight is 1560 g/mol. The molecular formula is C100H90N4O13. The number of ether oxygens (including phenoxy) is 8. The molecule has 0 bridgehead atoms. The molecule has 0 spiro atoms. The minimum absolute atomic E-state index is 0.0244. The zero-order valence-corrected chi connectivity index (χ0v) is 66.9. The molecule has 117 heavy (non-hydrogen) atoms. The molecule has 17 nitrogen and oxygen atoms in total. The van der Waals surface area contributed by atoms with E-state index in [-0.39, 0.29) is 49.4 Å². The number of esters is 1. The van der Waals surface area contributed by atoms with Crippen LogP contribution in [0, 0.1) is 27.7 Å². The molecular weight excluding hydrogens is 1470 g/mol. The molecule has 17 heteroatoms. The molecule has 15 rings (SSSR count). The van der Waals surface area contributed by atoms with Crippen molar-refractivity contribution >= 4 is 67.8 Å². The Morgan fingerprint density at radius 3 is 0.812 bits per heavy atom. The maximum Gasteiger partial charge on any atom is 0.335 e. The molecule has 0 fully saturated rings. The lowest BCUT2D eigenvalue weighted by Gasteiger charge is -2.21. The van der Waals surface area contributed by atoms with Crippen molar-refractivity contribution in [2.24, 2.45) is 28.2 Å². The summed E-state index contributed by atoms with van der Waals surface area (Å²) in [5.41, 5.74) is 16.8. The highest BCUT2D eigenvalue weighted by atomic mass is 16.7. The lowest BCUT2D eigenvalue weighted by Crippen LogP contribution is -2.20. The molecule has 588 valence electrons. The first-order chi connectivity index (χ1) is 56.6. The number of hydrogen-bond acceptors (Lipinski definition) is 13. The number of carbonyl (C=O) groups is 1. The molecule has 0 radical (unpaired) electrons. The third-order valence-corrected chi connectivity index (χ3v) is 20.3. The summed E-state index contributed by atoms with van der Waals surface area (Å²) in [6, 6.07) is 84.4. The second-order valence-corrected chi connectivity index (χ2v) is 27.7. The number of fused-ring (bicyclic) bond motifs is 4. The molecule has 0 aliphatic heterocycles. The SMILES string of the molecule is C=C(C)C(=O)OCOc1c(C)c(C)c(-c2cc3ccccc3n(C)c2=O)c(C)c1C.C=Cc1ccc(OCOc2ccc(-c3cc4ccccc4n(C)c3=O)cc2)cc1.C=Cc1ccc(OCOc2ccc(-c3cc4ccccc4n(C)c3=O)cc2)cc1.C=Cc1ccc(OCOc2ccc(-c3cc4ccccc4n(C)c3=O)cc2)cc1. The van der Waals surface area contributed by atoms with Gasteiger partial charge in [0.05, 0.1) is 22.1 Å². The van der Waals surface area contributed by atoms with Crippen molar-refractivity contribution in [3.05, 3.63) is 379 Å². The summed E-state index contributed by atoms with van der Waals surface area (Å²) in [7, 11) is 7.19. The molecule has 0 aliphatic rings. The third kappa shape index (κ3) is 19.3. The van der Waals surface area contributed by atoms with Gasteiger partial charge in [-0.05, 0) is 239 Å². The monoisotopic (exact) mass is 1550 g/mol. The molecule has 0 amide bonds. The van der Waals surface area contributed by atoms with Gasteiger partial charge in [0.25, 0.3) is 22.2 Å². The molecule has 0 saturated heterocycles. The Morgan fingerprint density at radius 2 is 0.556 bits per heavy atom. The van der Waals surface area contributed by atoms with Gasteiger partial charge in [-0.1, -0.05) is 190 Å². The number of aromatic nitrogens is 4. The minimum Gasteiger partial charge on any atom is -0.458 e. The van der Waals surface area contributed by atoms with Crippen LogP contribution in [0.3, 0.4) is 0 Å². The predicted octanol–water partition coefficient (Wildman–Crippen LogP) is 20.7. The van der Waals surface area contributed by atoms with Crippen molar-refractivity contribution < 1.29 is 42.7 Å². The van der Waals surface area contributed by atoms with Gasteiger partial charge in [0.15, 0.2) is 0 Å². The Hall–Kier alpha value is -14.7. The number of carbonyl (C=O) groups excluding carboxylic acids is 1. The summed E-state index contributed by atoms with van der Waals surface area (Å²) in [5.74, 6) is 4.39. The highest BCUT2D eigenvalue weighted by Gasteiger charge is 2.22. The number of para-hydroxylation sites is 4. The van der Waals surface area contributed by atoms with E-state index in [4.69, 9.17) is 37.9 Å². The van der Waals surface area contributed by atoms with E-state index in [2.05, 4.69) is 26.3 Å². The van der Waals surface area contributed by atoms with Crippen LogP contribution in [0.15, 0.2) is 318 Å². The van der Waals surface area contributed by atoms with Crippen LogP contribution in [0.25, 0.3) is 106 Å². The fourth-order valence-corrected chi connectivity index (χ4v) is 13.4. The van der Waals surface area contributed by atoms with Crippen LogP contribution in [0.5, 0.6) is 40.2 Å². The summed E-state index contributed by atoms with van der Waals surface area (Å²) in [4.78, 5) is 63.0. The van der Waals surface area contributed by atoms with Gasteiger partial charge in [-0.2, -0.15) is 0 Å². The van der Waals surface area contributed by atoms with E-state index < -0.39 is 5.97 Å². The number of nitrogens with zero attached hydrogens (tertiary/aromatic N) is 4. The van der Waals surface area contributed by atoms with Crippen LogP contribution in [0.4, 0.5) is 0 Å². The fraction of sp³-hybridized carbons (Fsp3) is 0.130. The molecule has 0 atom stereocenters.